The van der Waals surface area contributed by atoms with Crippen LogP contribution in [0.4, 0.5) is 5.69 Å². The lowest BCUT2D eigenvalue weighted by molar-refractivity contribution is -0.126. The Kier molecular flexibility index (Phi) is 7.07. The van der Waals surface area contributed by atoms with Crippen LogP contribution in [0.1, 0.15) is 18.1 Å². The first-order valence-corrected chi connectivity index (χ1v) is 10.4. The van der Waals surface area contributed by atoms with Crippen LogP contribution < -0.4 is 10.1 Å². The van der Waals surface area contributed by atoms with Crippen LogP contribution in [0.5, 0.6) is 5.75 Å². The van der Waals surface area contributed by atoms with Gasteiger partial charge in [0, 0.05) is 5.69 Å². The molecule has 1 amide bonds. The Bertz CT molecular complexity index is 1180. The van der Waals surface area contributed by atoms with Crippen LogP contribution in [0.15, 0.2) is 96.7 Å². The number of amides is 1. The number of carbonyl (C=O) groups excluding carboxylic acids is 1. The van der Waals surface area contributed by atoms with E-state index in [0.29, 0.717) is 12.3 Å². The summed E-state index contributed by atoms with van der Waals surface area (Å²) < 4.78 is 7.42. The van der Waals surface area contributed by atoms with E-state index in [-0.39, 0.29) is 5.91 Å². The van der Waals surface area contributed by atoms with Crippen molar-refractivity contribution in [1.82, 2.24) is 14.8 Å². The highest BCUT2D eigenvalue weighted by Crippen LogP contribution is 2.17. The van der Waals surface area contributed by atoms with Gasteiger partial charge in [0.1, 0.15) is 25.0 Å². The molecule has 1 heterocycles. The molecule has 4 aromatic rings. The number of nitrogens with zero attached hydrogens (tertiary/aromatic N) is 4. The van der Waals surface area contributed by atoms with Crippen molar-refractivity contribution >= 4 is 17.8 Å². The molecule has 0 aliphatic heterocycles. The molecule has 3 aromatic carbocycles. The summed E-state index contributed by atoms with van der Waals surface area (Å²) in [6.45, 7) is 2.12. The third-order valence-electron chi connectivity index (χ3n) is 4.74. The molecule has 33 heavy (non-hydrogen) atoms. The molecule has 1 unspecified atom stereocenters. The summed E-state index contributed by atoms with van der Waals surface area (Å²) in [6.07, 6.45) is 3.89. The lowest BCUT2D eigenvalue weighted by atomic mass is 10.2. The third kappa shape index (κ3) is 6.27. The highest BCUT2D eigenvalue weighted by molar-refractivity contribution is 5.94. The zero-order valence-electron chi connectivity index (χ0n) is 18.0. The van der Waals surface area contributed by atoms with Gasteiger partial charge in [-0.15, -0.1) is 0 Å². The van der Waals surface area contributed by atoms with Crippen molar-refractivity contribution < 1.29 is 14.4 Å². The van der Waals surface area contributed by atoms with Gasteiger partial charge in [-0.25, -0.2) is 9.67 Å². The second kappa shape index (κ2) is 10.7. The first kappa shape index (κ1) is 21.8. The highest BCUT2D eigenvalue weighted by atomic mass is 16.6. The topological polar surface area (TPSA) is 90.6 Å². The van der Waals surface area contributed by atoms with Crippen molar-refractivity contribution in [3.63, 3.8) is 0 Å². The van der Waals surface area contributed by atoms with E-state index in [0.717, 1.165) is 22.6 Å². The van der Waals surface area contributed by atoms with Crippen molar-refractivity contribution in [2.75, 3.05) is 5.32 Å². The van der Waals surface area contributed by atoms with Gasteiger partial charge in [0.2, 0.25) is 6.10 Å². The number of hydrogen-bond donors (Lipinski definition) is 1. The fraction of sp³-hybridized carbons (Fsp3) is 0.120. The number of benzene rings is 3. The van der Waals surface area contributed by atoms with Crippen LogP contribution in [0.25, 0.3) is 5.69 Å². The molecule has 1 aromatic heterocycles. The maximum Gasteiger partial charge on any atom is 0.267 e. The molecule has 0 aliphatic carbocycles. The smallest absolute Gasteiger partial charge is 0.267 e. The lowest BCUT2D eigenvalue weighted by Gasteiger charge is -2.11. The number of ether oxygens (including phenoxy) is 1. The number of anilines is 1. The minimum atomic E-state index is -0.760. The van der Waals surface area contributed by atoms with Gasteiger partial charge >= 0.3 is 0 Å². The summed E-state index contributed by atoms with van der Waals surface area (Å²) in [7, 11) is 0. The molecular formula is C25H23N5O3. The summed E-state index contributed by atoms with van der Waals surface area (Å²) in [5.41, 5.74) is 3.45. The molecule has 0 bridgehead atoms. The Morgan fingerprint density at radius 2 is 1.82 bits per heavy atom. The Morgan fingerprint density at radius 1 is 1.06 bits per heavy atom. The quantitative estimate of drug-likeness (QED) is 0.310. The normalized spacial score (nSPS) is 11.8. The van der Waals surface area contributed by atoms with Gasteiger partial charge in [-0.2, -0.15) is 5.10 Å². The van der Waals surface area contributed by atoms with Crippen molar-refractivity contribution in [2.45, 2.75) is 19.6 Å². The minimum Gasteiger partial charge on any atom is -0.489 e. The predicted molar refractivity (Wildman–Crippen MR) is 125 cm³/mol. The van der Waals surface area contributed by atoms with Crippen LogP contribution in [0, 0.1) is 0 Å². The van der Waals surface area contributed by atoms with Gasteiger partial charge in [-0.1, -0.05) is 47.6 Å². The number of nitrogens with one attached hydrogen (secondary N) is 1. The van der Waals surface area contributed by atoms with E-state index in [1.807, 2.05) is 66.7 Å². The predicted octanol–water partition coefficient (Wildman–Crippen LogP) is 4.22. The first-order valence-electron chi connectivity index (χ1n) is 10.4. The van der Waals surface area contributed by atoms with Gasteiger partial charge in [0.05, 0.1) is 11.9 Å². The molecule has 8 nitrogen and oxygen atoms in total. The Labute approximate surface area is 191 Å². The fourth-order valence-corrected chi connectivity index (χ4v) is 2.90. The molecule has 8 heteroatoms. The molecule has 1 atom stereocenters. The van der Waals surface area contributed by atoms with E-state index >= 15 is 0 Å². The summed E-state index contributed by atoms with van der Waals surface area (Å²) in [6, 6.07) is 24.6. The summed E-state index contributed by atoms with van der Waals surface area (Å²) >= 11 is 0. The van der Waals surface area contributed by atoms with Crippen LogP contribution in [-0.2, 0) is 16.2 Å². The number of carbonyl (C=O) groups is 1. The van der Waals surface area contributed by atoms with E-state index in [9.17, 15) is 4.79 Å². The average molecular weight is 441 g/mol. The van der Waals surface area contributed by atoms with Crippen molar-refractivity contribution in [1.29, 1.82) is 0 Å². The maximum absolute atomic E-state index is 12.4. The molecular weight excluding hydrogens is 418 g/mol. The zero-order chi connectivity index (χ0) is 22.9. The lowest BCUT2D eigenvalue weighted by Crippen LogP contribution is -2.26. The maximum atomic E-state index is 12.4. The first-order chi connectivity index (χ1) is 16.2. The molecule has 166 valence electrons. The summed E-state index contributed by atoms with van der Waals surface area (Å²) in [4.78, 5) is 21.6. The van der Waals surface area contributed by atoms with Crippen LogP contribution in [-0.4, -0.2) is 33.0 Å². The third-order valence-corrected chi connectivity index (χ3v) is 4.74. The zero-order valence-corrected chi connectivity index (χ0v) is 18.0. The summed E-state index contributed by atoms with van der Waals surface area (Å²) in [5.74, 6) is 0.423. The summed E-state index contributed by atoms with van der Waals surface area (Å²) in [5, 5.41) is 10.8. The van der Waals surface area contributed by atoms with E-state index in [1.165, 1.54) is 6.33 Å². The molecule has 1 N–H and O–H groups in total. The standard InChI is InChI=1S/C25H23N5O3/c1-19(33-28-15-20-7-11-23(12-8-20)30-18-26-17-27-30)25(31)29-22-9-13-24(14-10-22)32-16-21-5-3-2-4-6-21/h2-15,17-19H,16H2,1H3,(H,29,31)/b28-15+. The second-order valence-electron chi connectivity index (χ2n) is 7.20. The van der Waals surface area contributed by atoms with E-state index in [1.54, 1.807) is 36.3 Å². The SMILES string of the molecule is CC(O/N=C/c1ccc(-n2cncn2)cc1)C(=O)Nc1ccc(OCc2ccccc2)cc1. The van der Waals surface area contributed by atoms with Gasteiger partial charge in [0.15, 0.2) is 0 Å². The monoisotopic (exact) mass is 441 g/mol. The highest BCUT2D eigenvalue weighted by Gasteiger charge is 2.14. The molecule has 4 rings (SSSR count). The molecule has 0 radical (unpaired) electrons. The van der Waals surface area contributed by atoms with Crippen molar-refractivity contribution in [3.8, 4) is 11.4 Å². The molecule has 0 spiro atoms. The number of hydrogen-bond acceptors (Lipinski definition) is 6. The van der Waals surface area contributed by atoms with Crippen molar-refractivity contribution in [2.24, 2.45) is 5.16 Å². The van der Waals surface area contributed by atoms with Crippen LogP contribution in [0.2, 0.25) is 0 Å². The second-order valence-corrected chi connectivity index (χ2v) is 7.20. The Hall–Kier alpha value is -4.46. The van der Waals surface area contributed by atoms with Gasteiger partial charge in [-0.3, -0.25) is 4.79 Å². The van der Waals surface area contributed by atoms with Crippen LogP contribution in [0.3, 0.4) is 0 Å². The van der Waals surface area contributed by atoms with Gasteiger partial charge < -0.3 is 14.9 Å². The Balaban J connectivity index is 1.23. The molecule has 0 saturated carbocycles. The van der Waals surface area contributed by atoms with Gasteiger partial charge in [0.25, 0.3) is 5.91 Å². The van der Waals surface area contributed by atoms with Crippen LogP contribution >= 0.6 is 0 Å². The Morgan fingerprint density at radius 3 is 2.52 bits per heavy atom. The van der Waals surface area contributed by atoms with E-state index in [2.05, 4.69) is 20.6 Å². The molecule has 0 fully saturated rings. The number of rotatable bonds is 9. The number of oxime groups is 1. The van der Waals surface area contributed by atoms with E-state index < -0.39 is 6.10 Å². The van der Waals surface area contributed by atoms with Gasteiger partial charge in [-0.05, 0) is 54.4 Å². The van der Waals surface area contributed by atoms with E-state index in [4.69, 9.17) is 9.57 Å². The fourth-order valence-electron chi connectivity index (χ4n) is 2.90. The molecule has 0 aliphatic rings. The molecule has 0 saturated heterocycles. The largest absolute Gasteiger partial charge is 0.489 e. The minimum absolute atomic E-state index is 0.299. The van der Waals surface area contributed by atoms with Crippen molar-refractivity contribution in [3.05, 3.63) is 103 Å². The number of aromatic nitrogens is 3. The average Bonchev–Trinajstić information content (AvgIpc) is 3.40.